The Bertz CT molecular complexity index is 1050. The van der Waals surface area contributed by atoms with Gasteiger partial charge in [0.1, 0.15) is 0 Å². The molecule has 5 nitrogen and oxygen atoms in total. The van der Waals surface area contributed by atoms with Gasteiger partial charge >= 0.3 is 0 Å². The Morgan fingerprint density at radius 2 is 1.77 bits per heavy atom. The summed E-state index contributed by atoms with van der Waals surface area (Å²) in [5, 5.41) is 1.78. The molecule has 0 atom stereocenters. The van der Waals surface area contributed by atoms with E-state index in [-0.39, 0.29) is 5.91 Å². The molecule has 0 radical (unpaired) electrons. The Morgan fingerprint density at radius 1 is 1.00 bits per heavy atom. The second-order valence-corrected chi connectivity index (χ2v) is 8.37. The van der Waals surface area contributed by atoms with E-state index in [0.29, 0.717) is 47.6 Å². The highest BCUT2D eigenvalue weighted by molar-refractivity contribution is 6.36. The number of hydrogen-bond acceptors (Lipinski definition) is 4. The van der Waals surface area contributed by atoms with Crippen molar-refractivity contribution in [3.63, 3.8) is 0 Å². The molecule has 0 N–H and O–H groups in total. The van der Waals surface area contributed by atoms with Crippen molar-refractivity contribution in [1.29, 1.82) is 0 Å². The number of halogens is 3. The van der Waals surface area contributed by atoms with E-state index in [0.717, 1.165) is 29.4 Å². The number of amides is 1. The third-order valence-electron chi connectivity index (χ3n) is 5.11. The van der Waals surface area contributed by atoms with E-state index in [1.807, 2.05) is 29.2 Å². The van der Waals surface area contributed by atoms with Gasteiger partial charge < -0.3 is 14.2 Å². The van der Waals surface area contributed by atoms with Gasteiger partial charge in [-0.1, -0.05) is 40.9 Å². The van der Waals surface area contributed by atoms with Crippen LogP contribution in [0.3, 0.4) is 0 Å². The molecule has 30 heavy (non-hydrogen) atoms. The van der Waals surface area contributed by atoms with E-state index in [1.165, 1.54) is 0 Å². The van der Waals surface area contributed by atoms with Crippen LogP contribution < -0.4 is 4.90 Å². The molecule has 0 saturated carbocycles. The Hall–Kier alpha value is -2.21. The van der Waals surface area contributed by atoms with Crippen molar-refractivity contribution in [2.75, 3.05) is 31.1 Å². The van der Waals surface area contributed by atoms with Crippen LogP contribution in [0, 0.1) is 0 Å². The van der Waals surface area contributed by atoms with Crippen molar-refractivity contribution in [2.24, 2.45) is 0 Å². The van der Waals surface area contributed by atoms with Gasteiger partial charge in [-0.2, -0.15) is 0 Å². The highest BCUT2D eigenvalue weighted by atomic mass is 35.5. The van der Waals surface area contributed by atoms with Crippen LogP contribution in [0.4, 0.5) is 5.69 Å². The minimum Gasteiger partial charge on any atom is -0.441 e. The largest absolute Gasteiger partial charge is 0.441 e. The monoisotopic (exact) mass is 463 g/mol. The van der Waals surface area contributed by atoms with Gasteiger partial charge in [-0.25, -0.2) is 4.98 Å². The fourth-order valence-electron chi connectivity index (χ4n) is 3.50. The molecule has 1 aromatic heterocycles. The predicted molar refractivity (Wildman–Crippen MR) is 121 cm³/mol. The number of aromatic nitrogens is 1. The molecular weight excluding hydrogens is 445 g/mol. The van der Waals surface area contributed by atoms with Gasteiger partial charge in [-0.3, -0.25) is 4.79 Å². The molecule has 0 bridgehead atoms. The van der Waals surface area contributed by atoms with Crippen LogP contribution in [-0.2, 0) is 11.2 Å². The smallest absolute Gasteiger partial charge is 0.223 e. The minimum atomic E-state index is 0.102. The number of piperazine rings is 1. The zero-order chi connectivity index (χ0) is 21.1. The third kappa shape index (κ3) is 4.91. The molecule has 1 saturated heterocycles. The molecular formula is C22H20Cl3N3O2. The van der Waals surface area contributed by atoms with Gasteiger partial charge in [0.2, 0.25) is 5.91 Å². The zero-order valence-electron chi connectivity index (χ0n) is 16.2. The summed E-state index contributed by atoms with van der Waals surface area (Å²) in [5.41, 5.74) is 1.81. The fourth-order valence-corrected chi connectivity index (χ4v) is 4.18. The highest BCUT2D eigenvalue weighted by Crippen LogP contribution is 2.31. The number of rotatable bonds is 5. The van der Waals surface area contributed by atoms with Crippen molar-refractivity contribution in [2.45, 2.75) is 12.8 Å². The van der Waals surface area contributed by atoms with E-state index in [9.17, 15) is 4.79 Å². The summed E-state index contributed by atoms with van der Waals surface area (Å²) in [6, 6.07) is 13.0. The van der Waals surface area contributed by atoms with Crippen LogP contribution in [0.1, 0.15) is 12.3 Å². The van der Waals surface area contributed by atoms with Gasteiger partial charge in [0, 0.05) is 60.3 Å². The summed E-state index contributed by atoms with van der Waals surface area (Å²) in [4.78, 5) is 21.0. The summed E-state index contributed by atoms with van der Waals surface area (Å²) >= 11 is 18.2. The molecule has 0 spiro atoms. The Labute approximate surface area is 190 Å². The second kappa shape index (κ2) is 9.29. The van der Waals surface area contributed by atoms with E-state index in [1.54, 1.807) is 24.4 Å². The predicted octanol–water partition coefficient (Wildman–Crippen LogP) is 5.58. The number of aryl methyl sites for hydroxylation is 1. The number of benzene rings is 2. The first kappa shape index (κ1) is 21.0. The first-order chi connectivity index (χ1) is 14.5. The summed E-state index contributed by atoms with van der Waals surface area (Å²) in [7, 11) is 0. The molecule has 2 aromatic carbocycles. The van der Waals surface area contributed by atoms with Crippen molar-refractivity contribution >= 4 is 46.4 Å². The molecule has 1 aliphatic rings. The molecule has 3 aromatic rings. The molecule has 4 rings (SSSR count). The Morgan fingerprint density at radius 3 is 2.50 bits per heavy atom. The lowest BCUT2D eigenvalue weighted by molar-refractivity contribution is -0.131. The summed E-state index contributed by atoms with van der Waals surface area (Å²) in [5.74, 6) is 1.18. The highest BCUT2D eigenvalue weighted by Gasteiger charge is 2.22. The van der Waals surface area contributed by atoms with Gasteiger partial charge in [0.15, 0.2) is 11.7 Å². The summed E-state index contributed by atoms with van der Waals surface area (Å²) < 4.78 is 5.78. The molecule has 0 unspecified atom stereocenters. The minimum absolute atomic E-state index is 0.102. The van der Waals surface area contributed by atoms with Crippen LogP contribution in [-0.4, -0.2) is 42.0 Å². The number of hydrogen-bond donors (Lipinski definition) is 0. The van der Waals surface area contributed by atoms with Crippen LogP contribution in [0.15, 0.2) is 53.1 Å². The van der Waals surface area contributed by atoms with E-state index >= 15 is 0 Å². The van der Waals surface area contributed by atoms with Gasteiger partial charge in [0.25, 0.3) is 0 Å². The van der Waals surface area contributed by atoms with Gasteiger partial charge in [-0.15, -0.1) is 0 Å². The number of oxazole rings is 1. The van der Waals surface area contributed by atoms with Gasteiger partial charge in [-0.05, 0) is 36.4 Å². The maximum Gasteiger partial charge on any atom is 0.223 e. The number of nitrogens with zero attached hydrogens (tertiary/aromatic N) is 3. The quantitative estimate of drug-likeness (QED) is 0.494. The Balaban J connectivity index is 1.30. The second-order valence-electron chi connectivity index (χ2n) is 7.09. The fraction of sp³-hybridized carbons (Fsp3) is 0.273. The van der Waals surface area contributed by atoms with Crippen molar-refractivity contribution in [1.82, 2.24) is 9.88 Å². The zero-order valence-corrected chi connectivity index (χ0v) is 18.4. The summed E-state index contributed by atoms with van der Waals surface area (Å²) in [6.07, 6.45) is 2.42. The maximum atomic E-state index is 12.6. The van der Waals surface area contributed by atoms with Crippen LogP contribution in [0.5, 0.6) is 0 Å². The molecule has 1 fully saturated rings. The van der Waals surface area contributed by atoms with E-state index in [2.05, 4.69) is 9.88 Å². The van der Waals surface area contributed by atoms with Crippen molar-refractivity contribution in [3.05, 3.63) is 69.6 Å². The molecule has 8 heteroatoms. The van der Waals surface area contributed by atoms with E-state index in [4.69, 9.17) is 39.2 Å². The normalized spacial score (nSPS) is 14.2. The molecule has 2 heterocycles. The number of anilines is 1. The lowest BCUT2D eigenvalue weighted by atomic mass is 10.2. The topological polar surface area (TPSA) is 49.6 Å². The number of carbonyl (C=O) groups is 1. The third-order valence-corrected chi connectivity index (χ3v) is 5.89. The van der Waals surface area contributed by atoms with Gasteiger partial charge in [0.05, 0.1) is 11.2 Å². The van der Waals surface area contributed by atoms with Crippen LogP contribution in [0.25, 0.3) is 11.3 Å². The first-order valence-corrected chi connectivity index (χ1v) is 10.8. The molecule has 0 aliphatic carbocycles. The lowest BCUT2D eigenvalue weighted by Crippen LogP contribution is -2.48. The maximum absolute atomic E-state index is 12.6. The van der Waals surface area contributed by atoms with E-state index < -0.39 is 0 Å². The van der Waals surface area contributed by atoms with Crippen LogP contribution >= 0.6 is 34.8 Å². The van der Waals surface area contributed by atoms with Crippen LogP contribution in [0.2, 0.25) is 15.1 Å². The Kier molecular flexibility index (Phi) is 6.52. The van der Waals surface area contributed by atoms with Crippen molar-refractivity contribution in [3.8, 4) is 11.3 Å². The standard InChI is InChI=1S/C22H20Cl3N3O2/c23-15-2-1-3-17(12-15)27-8-10-28(11-9-27)22(29)7-6-21-26-14-20(30-21)18-5-4-16(24)13-19(18)25/h1-5,12-14H,6-11H2. The first-order valence-electron chi connectivity index (χ1n) is 9.68. The molecule has 1 amide bonds. The molecule has 156 valence electrons. The average molecular weight is 465 g/mol. The average Bonchev–Trinajstić information content (AvgIpc) is 3.21. The summed E-state index contributed by atoms with van der Waals surface area (Å²) in [6.45, 7) is 2.93. The SMILES string of the molecule is O=C(CCc1ncc(-c2ccc(Cl)cc2Cl)o1)N1CCN(c2cccc(Cl)c2)CC1. The molecule has 1 aliphatic heterocycles. The lowest BCUT2D eigenvalue weighted by Gasteiger charge is -2.36. The van der Waals surface area contributed by atoms with Crippen molar-refractivity contribution < 1.29 is 9.21 Å². The number of carbonyl (C=O) groups excluding carboxylic acids is 1.